The molecule has 6 heteroatoms. The second-order valence-electron chi connectivity index (χ2n) is 6.73. The van der Waals surface area contributed by atoms with E-state index in [1.165, 1.54) is 0 Å². The van der Waals surface area contributed by atoms with Crippen LogP contribution in [0.4, 0.5) is 0 Å². The fourth-order valence-electron chi connectivity index (χ4n) is 3.63. The summed E-state index contributed by atoms with van der Waals surface area (Å²) >= 11 is 0. The van der Waals surface area contributed by atoms with Crippen LogP contribution in [0.3, 0.4) is 0 Å². The summed E-state index contributed by atoms with van der Waals surface area (Å²) in [4.78, 5) is 4.77. The Balaban J connectivity index is 2.05. The van der Waals surface area contributed by atoms with Gasteiger partial charge in [-0.15, -0.1) is 0 Å². The standard InChI is InChI=1S/C14H29N3O2S/c1-12(2)17-7-5-14(11-15,6-8-17)16(3)13-4-9-20(18,19)10-13/h12-13H,4-11,15H2,1-3H3. The third-order valence-electron chi connectivity index (χ3n) is 5.34. The second kappa shape index (κ2) is 5.91. The van der Waals surface area contributed by atoms with E-state index in [0.29, 0.717) is 24.1 Å². The number of piperidine rings is 1. The molecule has 0 aliphatic carbocycles. The Bertz CT molecular complexity index is 428. The molecule has 5 nitrogen and oxygen atoms in total. The van der Waals surface area contributed by atoms with Crippen molar-refractivity contribution >= 4 is 9.84 Å². The molecule has 1 atom stereocenters. The minimum absolute atomic E-state index is 0.0179. The summed E-state index contributed by atoms with van der Waals surface area (Å²) in [5, 5.41) is 0. The van der Waals surface area contributed by atoms with Crippen LogP contribution in [0.5, 0.6) is 0 Å². The van der Waals surface area contributed by atoms with Gasteiger partial charge in [-0.3, -0.25) is 4.90 Å². The van der Waals surface area contributed by atoms with Crippen LogP contribution in [0.15, 0.2) is 0 Å². The fourth-order valence-corrected chi connectivity index (χ4v) is 5.40. The molecule has 0 aromatic rings. The van der Waals surface area contributed by atoms with Gasteiger partial charge < -0.3 is 10.6 Å². The van der Waals surface area contributed by atoms with E-state index < -0.39 is 9.84 Å². The highest BCUT2D eigenvalue weighted by molar-refractivity contribution is 7.91. The topological polar surface area (TPSA) is 66.6 Å². The van der Waals surface area contributed by atoms with Gasteiger partial charge in [0.05, 0.1) is 11.5 Å². The van der Waals surface area contributed by atoms with Gasteiger partial charge in [0.1, 0.15) is 0 Å². The van der Waals surface area contributed by atoms with Gasteiger partial charge in [-0.2, -0.15) is 0 Å². The highest BCUT2D eigenvalue weighted by Crippen LogP contribution is 2.32. The average Bonchev–Trinajstić information content (AvgIpc) is 2.78. The third kappa shape index (κ3) is 3.18. The summed E-state index contributed by atoms with van der Waals surface area (Å²) in [6.07, 6.45) is 2.83. The van der Waals surface area contributed by atoms with Gasteiger partial charge >= 0.3 is 0 Å². The van der Waals surface area contributed by atoms with E-state index >= 15 is 0 Å². The third-order valence-corrected chi connectivity index (χ3v) is 7.09. The van der Waals surface area contributed by atoms with Crippen molar-refractivity contribution in [2.24, 2.45) is 5.73 Å². The number of hydrogen-bond acceptors (Lipinski definition) is 5. The molecule has 0 spiro atoms. The van der Waals surface area contributed by atoms with E-state index in [9.17, 15) is 8.42 Å². The van der Waals surface area contributed by atoms with Crippen LogP contribution >= 0.6 is 0 Å². The van der Waals surface area contributed by atoms with Crippen molar-refractivity contribution < 1.29 is 8.42 Å². The maximum Gasteiger partial charge on any atom is 0.151 e. The summed E-state index contributed by atoms with van der Waals surface area (Å²) in [7, 11) is -0.758. The van der Waals surface area contributed by atoms with Gasteiger partial charge in [-0.1, -0.05) is 0 Å². The predicted octanol–water partition coefficient (Wildman–Crippen LogP) is 0.307. The summed E-state index contributed by atoms with van der Waals surface area (Å²) in [5.74, 6) is 0.639. The highest BCUT2D eigenvalue weighted by atomic mass is 32.2. The van der Waals surface area contributed by atoms with Gasteiger partial charge in [-0.25, -0.2) is 8.42 Å². The molecule has 0 radical (unpaired) electrons. The average molecular weight is 303 g/mol. The molecule has 2 heterocycles. The van der Waals surface area contributed by atoms with Crippen molar-refractivity contribution in [3.05, 3.63) is 0 Å². The van der Waals surface area contributed by atoms with E-state index in [2.05, 4.69) is 30.7 Å². The normalized spacial score (nSPS) is 30.2. The zero-order valence-electron chi connectivity index (χ0n) is 13.0. The molecule has 1 unspecified atom stereocenters. The molecule has 2 aliphatic heterocycles. The molecule has 118 valence electrons. The smallest absolute Gasteiger partial charge is 0.151 e. The van der Waals surface area contributed by atoms with Crippen molar-refractivity contribution in [1.82, 2.24) is 9.80 Å². The minimum Gasteiger partial charge on any atom is -0.329 e. The Labute approximate surface area is 123 Å². The van der Waals surface area contributed by atoms with Crippen molar-refractivity contribution in [3.8, 4) is 0 Å². The zero-order valence-corrected chi connectivity index (χ0v) is 13.8. The lowest BCUT2D eigenvalue weighted by Crippen LogP contribution is -2.61. The maximum atomic E-state index is 11.7. The van der Waals surface area contributed by atoms with E-state index in [-0.39, 0.29) is 11.6 Å². The summed E-state index contributed by atoms with van der Waals surface area (Å²) in [6.45, 7) is 7.18. The van der Waals surface area contributed by atoms with E-state index in [1.54, 1.807) is 0 Å². The van der Waals surface area contributed by atoms with E-state index in [0.717, 1.165) is 32.4 Å². The molecule has 20 heavy (non-hydrogen) atoms. The number of nitrogens with zero attached hydrogens (tertiary/aromatic N) is 2. The number of nitrogens with two attached hydrogens (primary N) is 1. The van der Waals surface area contributed by atoms with Crippen LogP contribution in [0.25, 0.3) is 0 Å². The summed E-state index contributed by atoms with van der Waals surface area (Å²) < 4.78 is 23.4. The lowest BCUT2D eigenvalue weighted by atomic mass is 9.84. The molecule has 0 saturated carbocycles. The first-order valence-corrected chi connectivity index (χ1v) is 9.49. The van der Waals surface area contributed by atoms with Gasteiger partial charge in [0.25, 0.3) is 0 Å². The number of sulfone groups is 1. The first kappa shape index (κ1) is 16.2. The first-order chi connectivity index (χ1) is 9.30. The van der Waals surface area contributed by atoms with Crippen LogP contribution in [-0.4, -0.2) is 74.0 Å². The Hall–Kier alpha value is -0.170. The van der Waals surface area contributed by atoms with Crippen LogP contribution < -0.4 is 5.73 Å². The van der Waals surface area contributed by atoms with E-state index in [1.807, 2.05) is 0 Å². The molecule has 2 saturated heterocycles. The van der Waals surface area contributed by atoms with Crippen LogP contribution in [0.2, 0.25) is 0 Å². The molecule has 0 bridgehead atoms. The largest absolute Gasteiger partial charge is 0.329 e. The Morgan fingerprint density at radius 3 is 2.35 bits per heavy atom. The maximum absolute atomic E-state index is 11.7. The molecule has 0 aromatic heterocycles. The van der Waals surface area contributed by atoms with Crippen LogP contribution in [0.1, 0.15) is 33.1 Å². The van der Waals surface area contributed by atoms with Crippen LogP contribution in [-0.2, 0) is 9.84 Å². The molecular formula is C14H29N3O2S. The van der Waals surface area contributed by atoms with Crippen molar-refractivity contribution in [1.29, 1.82) is 0 Å². The molecule has 2 fully saturated rings. The first-order valence-electron chi connectivity index (χ1n) is 7.67. The molecule has 2 rings (SSSR count). The predicted molar refractivity (Wildman–Crippen MR) is 82.6 cm³/mol. The lowest BCUT2D eigenvalue weighted by molar-refractivity contribution is 0.0145. The van der Waals surface area contributed by atoms with Crippen molar-refractivity contribution in [2.45, 2.75) is 50.7 Å². The molecule has 0 aromatic carbocycles. The molecule has 0 amide bonds. The van der Waals surface area contributed by atoms with E-state index in [4.69, 9.17) is 5.73 Å². The molecule has 2 aliphatic rings. The SMILES string of the molecule is CC(C)N1CCC(CN)(N(C)C2CCS(=O)(=O)C2)CC1. The number of hydrogen-bond donors (Lipinski definition) is 1. The number of likely N-dealkylation sites (tertiary alicyclic amines) is 1. The van der Waals surface area contributed by atoms with Gasteiger partial charge in [-0.05, 0) is 40.2 Å². The van der Waals surface area contributed by atoms with Gasteiger partial charge in [0.15, 0.2) is 9.84 Å². The summed E-state index contributed by atoms with van der Waals surface area (Å²) in [5.41, 5.74) is 6.07. The number of rotatable bonds is 4. The second-order valence-corrected chi connectivity index (χ2v) is 8.95. The van der Waals surface area contributed by atoms with Gasteiger partial charge in [0.2, 0.25) is 0 Å². The quantitative estimate of drug-likeness (QED) is 0.809. The molecule has 2 N–H and O–H groups in total. The fraction of sp³-hybridized carbons (Fsp3) is 1.00. The lowest BCUT2D eigenvalue weighted by Gasteiger charge is -2.49. The zero-order chi connectivity index (χ0) is 15.0. The molecular weight excluding hydrogens is 274 g/mol. The number of likely N-dealkylation sites (N-methyl/N-ethyl adjacent to an activating group) is 1. The van der Waals surface area contributed by atoms with Crippen molar-refractivity contribution in [3.63, 3.8) is 0 Å². The minimum atomic E-state index is -2.83. The Morgan fingerprint density at radius 2 is 1.95 bits per heavy atom. The Kier molecular flexibility index (Phi) is 4.79. The van der Waals surface area contributed by atoms with Gasteiger partial charge in [0, 0.05) is 37.3 Å². The monoisotopic (exact) mass is 303 g/mol. The summed E-state index contributed by atoms with van der Waals surface area (Å²) in [6, 6.07) is 0.720. The Morgan fingerprint density at radius 1 is 1.35 bits per heavy atom. The highest BCUT2D eigenvalue weighted by Gasteiger charge is 2.43. The van der Waals surface area contributed by atoms with Crippen molar-refractivity contribution in [2.75, 3.05) is 38.2 Å². The van der Waals surface area contributed by atoms with Crippen LogP contribution in [0, 0.1) is 0 Å².